The lowest BCUT2D eigenvalue weighted by Crippen LogP contribution is -1.98. The zero-order valence-corrected chi connectivity index (χ0v) is 12.6. The summed E-state index contributed by atoms with van der Waals surface area (Å²) in [5.74, 6) is 0. The minimum Gasteiger partial charge on any atom is -0.258 e. The number of hydrogen-bond donors (Lipinski definition) is 0. The van der Waals surface area contributed by atoms with E-state index < -0.39 is 4.92 Å². The van der Waals surface area contributed by atoms with Gasteiger partial charge in [-0.05, 0) is 38.1 Å². The fraction of sp³-hybridized carbons (Fsp3) is 0.250. The summed E-state index contributed by atoms with van der Waals surface area (Å²) in [7, 11) is 0. The van der Waals surface area contributed by atoms with Crippen molar-refractivity contribution in [3.05, 3.63) is 44.4 Å². The van der Waals surface area contributed by atoms with Gasteiger partial charge in [0.15, 0.2) is 5.16 Å². The molecule has 2 rings (SSSR count). The average Bonchev–Trinajstić information content (AvgIpc) is 2.35. The van der Waals surface area contributed by atoms with Gasteiger partial charge in [-0.1, -0.05) is 11.6 Å². The van der Waals surface area contributed by atoms with E-state index in [1.807, 2.05) is 20.8 Å². The van der Waals surface area contributed by atoms with E-state index in [0.29, 0.717) is 10.2 Å². The van der Waals surface area contributed by atoms with Gasteiger partial charge in [-0.2, -0.15) is 0 Å². The van der Waals surface area contributed by atoms with Gasteiger partial charge < -0.3 is 0 Å². The predicted molar refractivity (Wildman–Crippen MR) is 76.3 cm³/mol. The molecule has 2 aromatic heterocycles. The van der Waals surface area contributed by atoms with Crippen molar-refractivity contribution in [1.29, 1.82) is 0 Å². The van der Waals surface area contributed by atoms with Crippen LogP contribution in [-0.2, 0) is 0 Å². The van der Waals surface area contributed by atoms with Crippen molar-refractivity contribution in [1.82, 2.24) is 15.0 Å². The Morgan fingerprint density at radius 2 is 1.75 bits per heavy atom. The maximum atomic E-state index is 10.8. The third-order valence-corrected chi connectivity index (χ3v) is 3.75. The minimum atomic E-state index is -0.510. The number of nitrogens with zero attached hydrogens (tertiary/aromatic N) is 4. The van der Waals surface area contributed by atoms with Crippen LogP contribution in [0.25, 0.3) is 0 Å². The molecule has 0 saturated heterocycles. The molecule has 0 aliphatic rings. The SMILES string of the molecule is Cc1nc(Sc2cc([N+](=O)[O-])cc(Cl)n2)nc(C)c1C. The third-order valence-electron chi connectivity index (χ3n) is 2.77. The topological polar surface area (TPSA) is 81.8 Å². The zero-order chi connectivity index (χ0) is 14.9. The van der Waals surface area contributed by atoms with Crippen molar-refractivity contribution in [2.24, 2.45) is 0 Å². The first-order valence-electron chi connectivity index (χ1n) is 5.68. The van der Waals surface area contributed by atoms with Gasteiger partial charge >= 0.3 is 0 Å². The summed E-state index contributed by atoms with van der Waals surface area (Å²) >= 11 is 6.93. The van der Waals surface area contributed by atoms with Crippen molar-refractivity contribution in [2.75, 3.05) is 0 Å². The summed E-state index contributed by atoms with van der Waals surface area (Å²) in [4.78, 5) is 23.0. The Kier molecular flexibility index (Phi) is 4.20. The molecule has 2 aromatic rings. The Hall–Kier alpha value is -1.73. The van der Waals surface area contributed by atoms with E-state index in [0.717, 1.165) is 28.7 Å². The number of nitro groups is 1. The van der Waals surface area contributed by atoms with Crippen LogP contribution in [0, 0.1) is 30.9 Å². The van der Waals surface area contributed by atoms with Crippen molar-refractivity contribution in [3.63, 3.8) is 0 Å². The van der Waals surface area contributed by atoms with Crippen LogP contribution in [0.1, 0.15) is 17.0 Å². The molecule has 104 valence electrons. The van der Waals surface area contributed by atoms with E-state index in [4.69, 9.17) is 11.6 Å². The Labute approximate surface area is 124 Å². The first-order valence-corrected chi connectivity index (χ1v) is 6.88. The monoisotopic (exact) mass is 310 g/mol. The van der Waals surface area contributed by atoms with E-state index in [9.17, 15) is 10.1 Å². The molecule has 0 saturated carbocycles. The quantitative estimate of drug-likeness (QED) is 0.373. The molecule has 2 heterocycles. The van der Waals surface area contributed by atoms with Crippen molar-refractivity contribution < 1.29 is 4.92 Å². The summed E-state index contributed by atoms with van der Waals surface area (Å²) in [6.07, 6.45) is 0. The lowest BCUT2D eigenvalue weighted by atomic mass is 10.2. The Bertz CT molecular complexity index is 670. The van der Waals surface area contributed by atoms with Crippen molar-refractivity contribution in [3.8, 4) is 0 Å². The minimum absolute atomic E-state index is 0.0715. The van der Waals surface area contributed by atoms with Gasteiger partial charge in [0, 0.05) is 17.5 Å². The Morgan fingerprint density at radius 1 is 1.15 bits per heavy atom. The maximum absolute atomic E-state index is 10.8. The molecule has 0 aliphatic carbocycles. The van der Waals surface area contributed by atoms with E-state index in [1.54, 1.807) is 0 Å². The van der Waals surface area contributed by atoms with Crippen molar-refractivity contribution >= 4 is 29.1 Å². The molecule has 6 nitrogen and oxygen atoms in total. The van der Waals surface area contributed by atoms with Gasteiger partial charge in [-0.15, -0.1) is 0 Å². The normalized spacial score (nSPS) is 10.6. The summed E-state index contributed by atoms with van der Waals surface area (Å²) in [5, 5.41) is 11.8. The fourth-order valence-electron chi connectivity index (χ4n) is 1.50. The average molecular weight is 311 g/mol. The lowest BCUT2D eigenvalue weighted by molar-refractivity contribution is -0.385. The highest BCUT2D eigenvalue weighted by Crippen LogP contribution is 2.29. The highest BCUT2D eigenvalue weighted by atomic mass is 35.5. The van der Waals surface area contributed by atoms with Crippen molar-refractivity contribution in [2.45, 2.75) is 31.0 Å². The van der Waals surface area contributed by atoms with Gasteiger partial charge in [0.05, 0.1) is 11.0 Å². The number of pyridine rings is 1. The van der Waals surface area contributed by atoms with Crippen LogP contribution in [0.3, 0.4) is 0 Å². The summed E-state index contributed by atoms with van der Waals surface area (Å²) in [5.41, 5.74) is 2.67. The molecule has 0 atom stereocenters. The number of halogens is 1. The third kappa shape index (κ3) is 3.23. The second-order valence-electron chi connectivity index (χ2n) is 4.15. The van der Waals surface area contributed by atoms with E-state index in [-0.39, 0.29) is 10.8 Å². The van der Waals surface area contributed by atoms with E-state index >= 15 is 0 Å². The molecular formula is C12H11ClN4O2S. The lowest BCUT2D eigenvalue weighted by Gasteiger charge is -2.06. The molecule has 0 N–H and O–H groups in total. The molecule has 8 heteroatoms. The van der Waals surface area contributed by atoms with E-state index in [2.05, 4.69) is 15.0 Å². The first-order chi connectivity index (χ1) is 9.36. The molecule has 0 aliphatic heterocycles. The largest absolute Gasteiger partial charge is 0.275 e. The Morgan fingerprint density at radius 3 is 2.30 bits per heavy atom. The smallest absolute Gasteiger partial charge is 0.258 e. The number of hydrogen-bond acceptors (Lipinski definition) is 6. The van der Waals surface area contributed by atoms with Crippen LogP contribution < -0.4 is 0 Å². The van der Waals surface area contributed by atoms with Crippen LogP contribution in [0.2, 0.25) is 5.15 Å². The fourth-order valence-corrected chi connectivity index (χ4v) is 2.63. The highest BCUT2D eigenvalue weighted by molar-refractivity contribution is 7.99. The van der Waals surface area contributed by atoms with Gasteiger partial charge in [-0.25, -0.2) is 15.0 Å². The van der Waals surface area contributed by atoms with Gasteiger partial charge in [0.1, 0.15) is 10.2 Å². The molecule has 0 radical (unpaired) electrons. The second kappa shape index (κ2) is 5.72. The first kappa shape index (κ1) is 14.7. The van der Waals surface area contributed by atoms with Crippen LogP contribution in [-0.4, -0.2) is 19.9 Å². The van der Waals surface area contributed by atoms with Gasteiger partial charge in [0.25, 0.3) is 5.69 Å². The molecule has 0 bridgehead atoms. The standard InChI is InChI=1S/C12H11ClN4O2S/c1-6-7(2)14-12(15-8(6)3)20-11-5-9(17(18)19)4-10(13)16-11/h4-5H,1-3H3. The van der Waals surface area contributed by atoms with Crippen LogP contribution in [0.15, 0.2) is 22.3 Å². The Balaban J connectivity index is 2.37. The second-order valence-corrected chi connectivity index (χ2v) is 5.52. The maximum Gasteiger partial charge on any atom is 0.275 e. The van der Waals surface area contributed by atoms with Gasteiger partial charge in [-0.3, -0.25) is 10.1 Å². The number of aryl methyl sites for hydroxylation is 2. The summed E-state index contributed by atoms with van der Waals surface area (Å²) < 4.78 is 0. The number of aromatic nitrogens is 3. The number of rotatable bonds is 3. The zero-order valence-electron chi connectivity index (χ0n) is 11.0. The van der Waals surface area contributed by atoms with Gasteiger partial charge in [0.2, 0.25) is 0 Å². The highest BCUT2D eigenvalue weighted by Gasteiger charge is 2.13. The molecule has 0 spiro atoms. The molecule has 0 fully saturated rings. The van der Waals surface area contributed by atoms with Crippen LogP contribution in [0.5, 0.6) is 0 Å². The van der Waals surface area contributed by atoms with Crippen LogP contribution >= 0.6 is 23.4 Å². The molecule has 0 unspecified atom stereocenters. The summed E-state index contributed by atoms with van der Waals surface area (Å²) in [6.45, 7) is 5.73. The molecule has 0 aromatic carbocycles. The van der Waals surface area contributed by atoms with Crippen LogP contribution in [0.4, 0.5) is 5.69 Å². The van der Waals surface area contributed by atoms with E-state index in [1.165, 1.54) is 12.1 Å². The molecule has 0 amide bonds. The summed E-state index contributed by atoms with van der Waals surface area (Å²) in [6, 6.07) is 2.56. The predicted octanol–water partition coefficient (Wildman–Crippen LogP) is 3.51. The molecular weight excluding hydrogens is 300 g/mol. The molecule has 20 heavy (non-hydrogen) atoms.